The average Bonchev–Trinajstić information content (AvgIpc) is 3.10. The molecule has 1 aromatic carbocycles. The van der Waals surface area contributed by atoms with Crippen LogP contribution in [-0.2, 0) is 0 Å². The number of phenols is 1. The molecule has 0 amide bonds. The van der Waals surface area contributed by atoms with Gasteiger partial charge in [-0.1, -0.05) is 0 Å². The molecule has 4 heteroatoms. The quantitative estimate of drug-likeness (QED) is 0.848. The van der Waals surface area contributed by atoms with Gasteiger partial charge in [0.1, 0.15) is 11.6 Å². The van der Waals surface area contributed by atoms with Crippen molar-refractivity contribution in [1.82, 2.24) is 5.32 Å². The first-order valence-corrected chi connectivity index (χ1v) is 7.06. The van der Waals surface area contributed by atoms with E-state index in [9.17, 15) is 9.50 Å². The molecule has 0 heterocycles. The molecular weight excluding hydrogens is 237 g/mol. The van der Waals surface area contributed by atoms with Gasteiger partial charge in [-0.05, 0) is 44.2 Å². The molecule has 0 aliphatic heterocycles. The lowest BCUT2D eigenvalue weighted by atomic mass is 10.1. The monoisotopic (exact) mass is 255 g/mol. The number of nitrogens with one attached hydrogen (secondary N) is 1. The van der Waals surface area contributed by atoms with Gasteiger partial charge >= 0.3 is 0 Å². The lowest BCUT2D eigenvalue weighted by Gasteiger charge is -2.19. The maximum atomic E-state index is 13.1. The van der Waals surface area contributed by atoms with E-state index in [1.165, 1.54) is 31.0 Å². The summed E-state index contributed by atoms with van der Waals surface area (Å²) in [6.45, 7) is 2.86. The maximum absolute atomic E-state index is 13.1. The summed E-state index contributed by atoms with van der Waals surface area (Å²) in [5, 5.41) is 13.1. The Morgan fingerprint density at radius 3 is 2.82 bits per heavy atom. The van der Waals surface area contributed by atoms with Gasteiger partial charge in [-0.2, -0.15) is 11.8 Å². The first-order valence-electron chi connectivity index (χ1n) is 5.83. The summed E-state index contributed by atoms with van der Waals surface area (Å²) in [5.74, 6) is -0.155. The molecule has 0 saturated heterocycles. The Morgan fingerprint density at radius 1 is 1.53 bits per heavy atom. The molecule has 2 nitrogen and oxygen atoms in total. The predicted octanol–water partition coefficient (Wildman–Crippen LogP) is 3.08. The van der Waals surface area contributed by atoms with Crippen molar-refractivity contribution >= 4 is 11.8 Å². The van der Waals surface area contributed by atoms with E-state index in [0.29, 0.717) is 10.3 Å². The SMILES string of the molecule is CSC1(CNC(C)c2cc(F)ccc2O)CC1. The molecule has 0 aromatic heterocycles. The third-order valence-electron chi connectivity index (χ3n) is 3.43. The number of rotatable bonds is 5. The lowest BCUT2D eigenvalue weighted by molar-refractivity contribution is 0.448. The molecule has 0 radical (unpaired) electrons. The van der Waals surface area contributed by atoms with E-state index in [1.54, 1.807) is 0 Å². The number of halogens is 1. The predicted molar refractivity (Wildman–Crippen MR) is 70.0 cm³/mol. The molecular formula is C13H18FNOS. The van der Waals surface area contributed by atoms with Gasteiger partial charge in [0.25, 0.3) is 0 Å². The number of benzene rings is 1. The van der Waals surface area contributed by atoms with Crippen molar-refractivity contribution in [2.75, 3.05) is 12.8 Å². The Morgan fingerprint density at radius 2 is 2.24 bits per heavy atom. The Hall–Kier alpha value is -0.740. The van der Waals surface area contributed by atoms with E-state index in [-0.39, 0.29) is 17.6 Å². The van der Waals surface area contributed by atoms with E-state index < -0.39 is 0 Å². The molecule has 2 rings (SSSR count). The van der Waals surface area contributed by atoms with Gasteiger partial charge in [-0.15, -0.1) is 0 Å². The highest BCUT2D eigenvalue weighted by molar-refractivity contribution is 8.00. The van der Waals surface area contributed by atoms with Crippen molar-refractivity contribution in [3.05, 3.63) is 29.6 Å². The minimum Gasteiger partial charge on any atom is -0.508 e. The van der Waals surface area contributed by atoms with Crippen LogP contribution < -0.4 is 5.32 Å². The number of hydrogen-bond acceptors (Lipinski definition) is 3. The van der Waals surface area contributed by atoms with Crippen LogP contribution in [0.25, 0.3) is 0 Å². The van der Waals surface area contributed by atoms with Gasteiger partial charge in [-0.25, -0.2) is 4.39 Å². The molecule has 1 fully saturated rings. The summed E-state index contributed by atoms with van der Waals surface area (Å²) in [4.78, 5) is 0. The topological polar surface area (TPSA) is 32.3 Å². The van der Waals surface area contributed by atoms with Crippen molar-refractivity contribution in [3.63, 3.8) is 0 Å². The zero-order chi connectivity index (χ0) is 12.5. The number of hydrogen-bond donors (Lipinski definition) is 2. The van der Waals surface area contributed by atoms with Crippen LogP contribution in [0.3, 0.4) is 0 Å². The molecule has 1 aliphatic rings. The van der Waals surface area contributed by atoms with Gasteiger partial charge in [0.05, 0.1) is 0 Å². The zero-order valence-electron chi connectivity index (χ0n) is 10.2. The molecule has 94 valence electrons. The second-order valence-corrected chi connectivity index (χ2v) is 5.97. The Kier molecular flexibility index (Phi) is 3.64. The molecule has 1 unspecified atom stereocenters. The van der Waals surface area contributed by atoms with Crippen molar-refractivity contribution in [2.24, 2.45) is 0 Å². The van der Waals surface area contributed by atoms with Gasteiger partial charge in [-0.3, -0.25) is 0 Å². The van der Waals surface area contributed by atoms with E-state index in [1.807, 2.05) is 18.7 Å². The Balaban J connectivity index is 1.99. The number of thioether (sulfide) groups is 1. The second kappa shape index (κ2) is 4.86. The molecule has 0 spiro atoms. The molecule has 0 bridgehead atoms. The van der Waals surface area contributed by atoms with E-state index in [4.69, 9.17) is 0 Å². The largest absolute Gasteiger partial charge is 0.508 e. The fourth-order valence-electron chi connectivity index (χ4n) is 1.91. The van der Waals surface area contributed by atoms with Gasteiger partial charge in [0, 0.05) is 22.9 Å². The fourth-order valence-corrected chi connectivity index (χ4v) is 2.65. The third-order valence-corrected chi connectivity index (χ3v) is 4.85. The van der Waals surface area contributed by atoms with Crippen LogP contribution in [0.1, 0.15) is 31.4 Å². The minimum absolute atomic E-state index is 0.0321. The third kappa shape index (κ3) is 2.93. The molecule has 1 saturated carbocycles. The van der Waals surface area contributed by atoms with Crippen molar-refractivity contribution in [3.8, 4) is 5.75 Å². The maximum Gasteiger partial charge on any atom is 0.123 e. The summed E-state index contributed by atoms with van der Waals surface area (Å²) in [5.41, 5.74) is 0.627. The van der Waals surface area contributed by atoms with Crippen molar-refractivity contribution in [2.45, 2.75) is 30.6 Å². The highest BCUT2D eigenvalue weighted by Crippen LogP contribution is 2.46. The first-order chi connectivity index (χ1) is 8.06. The van der Waals surface area contributed by atoms with Gasteiger partial charge in [0.15, 0.2) is 0 Å². The standard InChI is InChI=1S/C13H18FNOS/c1-9(15-8-13(17-2)5-6-13)11-7-10(14)3-4-12(11)16/h3-4,7,9,15-16H,5-6,8H2,1-2H3. The van der Waals surface area contributed by atoms with Crippen LogP contribution in [0, 0.1) is 5.82 Å². The van der Waals surface area contributed by atoms with Crippen molar-refractivity contribution in [1.29, 1.82) is 0 Å². The molecule has 1 atom stereocenters. The summed E-state index contributed by atoms with van der Waals surface area (Å²) in [7, 11) is 0. The van der Waals surface area contributed by atoms with E-state index >= 15 is 0 Å². The highest BCUT2D eigenvalue weighted by Gasteiger charge is 2.41. The van der Waals surface area contributed by atoms with Crippen LogP contribution in [0.4, 0.5) is 4.39 Å². The fraction of sp³-hybridized carbons (Fsp3) is 0.538. The summed E-state index contributed by atoms with van der Waals surface area (Å²) in [6, 6.07) is 4.04. The van der Waals surface area contributed by atoms with Crippen LogP contribution in [0.5, 0.6) is 5.75 Å². The average molecular weight is 255 g/mol. The Bertz CT molecular complexity index is 406. The van der Waals surface area contributed by atoms with Crippen LogP contribution in [-0.4, -0.2) is 22.7 Å². The van der Waals surface area contributed by atoms with Crippen LogP contribution in [0.15, 0.2) is 18.2 Å². The first kappa shape index (κ1) is 12.7. The normalized spacial score (nSPS) is 19.0. The van der Waals surface area contributed by atoms with Crippen LogP contribution in [0.2, 0.25) is 0 Å². The van der Waals surface area contributed by atoms with Crippen LogP contribution >= 0.6 is 11.8 Å². The molecule has 17 heavy (non-hydrogen) atoms. The zero-order valence-corrected chi connectivity index (χ0v) is 11.0. The molecule has 2 N–H and O–H groups in total. The molecule has 1 aliphatic carbocycles. The highest BCUT2D eigenvalue weighted by atomic mass is 32.2. The second-order valence-electron chi connectivity index (χ2n) is 4.69. The summed E-state index contributed by atoms with van der Waals surface area (Å²) >= 11 is 1.88. The van der Waals surface area contributed by atoms with Crippen molar-refractivity contribution < 1.29 is 9.50 Å². The number of aromatic hydroxyl groups is 1. The lowest BCUT2D eigenvalue weighted by Crippen LogP contribution is -2.28. The number of phenolic OH excluding ortho intramolecular Hbond substituents is 1. The summed E-state index contributed by atoms with van der Waals surface area (Å²) < 4.78 is 13.5. The van der Waals surface area contributed by atoms with Gasteiger partial charge < -0.3 is 10.4 Å². The summed E-state index contributed by atoms with van der Waals surface area (Å²) in [6.07, 6.45) is 4.60. The van der Waals surface area contributed by atoms with E-state index in [0.717, 1.165) is 6.54 Å². The van der Waals surface area contributed by atoms with E-state index in [2.05, 4.69) is 11.6 Å². The Labute approximate surface area is 106 Å². The smallest absolute Gasteiger partial charge is 0.123 e. The molecule has 1 aromatic rings. The minimum atomic E-state index is -0.308. The van der Waals surface area contributed by atoms with Gasteiger partial charge in [0.2, 0.25) is 0 Å².